The predicted molar refractivity (Wildman–Crippen MR) is 134 cm³/mol. The third-order valence-electron chi connectivity index (χ3n) is 5.84. The molecule has 176 valence electrons. The highest BCUT2D eigenvalue weighted by molar-refractivity contribution is 7.99. The van der Waals surface area contributed by atoms with Crippen LogP contribution in [0.1, 0.15) is 39.6 Å². The average molecular weight is 490 g/mol. The number of aromatic nitrogens is 1. The van der Waals surface area contributed by atoms with Crippen molar-refractivity contribution in [3.8, 4) is 5.75 Å². The maximum Gasteiger partial charge on any atom is 0.304 e. The van der Waals surface area contributed by atoms with Crippen molar-refractivity contribution in [2.75, 3.05) is 5.75 Å². The number of rotatable bonds is 6. The van der Waals surface area contributed by atoms with E-state index in [1.54, 1.807) is 23.9 Å². The summed E-state index contributed by atoms with van der Waals surface area (Å²) in [5.74, 6) is -1.36. The monoisotopic (exact) mass is 489 g/mol. The van der Waals surface area contributed by atoms with Crippen LogP contribution in [0.3, 0.4) is 0 Å². The number of carboxylic acids is 1. The molecule has 0 saturated heterocycles. The van der Waals surface area contributed by atoms with E-state index >= 15 is 0 Å². The molecule has 1 aliphatic heterocycles. The first-order valence-electron chi connectivity index (χ1n) is 11.1. The summed E-state index contributed by atoms with van der Waals surface area (Å²) in [6, 6.07) is 19.7. The van der Waals surface area contributed by atoms with Crippen molar-refractivity contribution < 1.29 is 23.4 Å². The topological polar surface area (TPSA) is 59.4 Å². The Balaban J connectivity index is 1.47. The Bertz CT molecular complexity index is 1450. The molecular formula is C28H21F2NO3S. The van der Waals surface area contributed by atoms with Gasteiger partial charge in [0.2, 0.25) is 0 Å². The van der Waals surface area contributed by atoms with Gasteiger partial charge in [0.1, 0.15) is 12.4 Å². The third-order valence-corrected chi connectivity index (χ3v) is 7.12. The lowest BCUT2D eigenvalue weighted by Crippen LogP contribution is -2.03. The highest BCUT2D eigenvalue weighted by atomic mass is 32.2. The van der Waals surface area contributed by atoms with Crippen molar-refractivity contribution in [3.63, 3.8) is 0 Å². The van der Waals surface area contributed by atoms with Gasteiger partial charge < -0.3 is 9.84 Å². The zero-order valence-electron chi connectivity index (χ0n) is 18.6. The first-order chi connectivity index (χ1) is 17.0. The molecule has 0 fully saturated rings. The number of pyridine rings is 1. The number of thioether (sulfide) groups is 1. The number of carbonyl (C=O) groups is 1. The van der Waals surface area contributed by atoms with Gasteiger partial charge in [-0.1, -0.05) is 42.5 Å². The van der Waals surface area contributed by atoms with E-state index in [4.69, 9.17) is 9.84 Å². The Morgan fingerprint density at radius 3 is 2.71 bits per heavy atom. The van der Waals surface area contributed by atoms with Crippen LogP contribution < -0.4 is 4.74 Å². The largest absolute Gasteiger partial charge is 0.489 e. The Morgan fingerprint density at radius 2 is 1.86 bits per heavy atom. The second-order valence-electron chi connectivity index (χ2n) is 8.21. The molecule has 35 heavy (non-hydrogen) atoms. The molecule has 3 aromatic carbocycles. The zero-order valence-corrected chi connectivity index (χ0v) is 19.4. The normalized spacial score (nSPS) is 14.9. The summed E-state index contributed by atoms with van der Waals surface area (Å²) < 4.78 is 33.1. The van der Waals surface area contributed by atoms with Crippen LogP contribution in [0.5, 0.6) is 5.75 Å². The van der Waals surface area contributed by atoms with Crippen molar-refractivity contribution in [1.82, 2.24) is 4.98 Å². The number of nitrogens with zero attached hydrogens (tertiary/aromatic N) is 1. The van der Waals surface area contributed by atoms with E-state index in [9.17, 15) is 13.6 Å². The maximum absolute atomic E-state index is 13.6. The second kappa shape index (κ2) is 9.88. The first-order valence-corrected chi connectivity index (χ1v) is 12.1. The van der Waals surface area contributed by atoms with Crippen LogP contribution in [-0.2, 0) is 11.4 Å². The lowest BCUT2D eigenvalue weighted by molar-refractivity contribution is -0.136. The van der Waals surface area contributed by atoms with Gasteiger partial charge in [-0.05, 0) is 47.0 Å². The lowest BCUT2D eigenvalue weighted by atomic mass is 9.97. The predicted octanol–water partition coefficient (Wildman–Crippen LogP) is 6.87. The van der Waals surface area contributed by atoms with E-state index in [1.807, 2.05) is 48.6 Å². The number of hydrogen-bond acceptors (Lipinski definition) is 4. The van der Waals surface area contributed by atoms with Gasteiger partial charge in [0, 0.05) is 22.8 Å². The van der Waals surface area contributed by atoms with Gasteiger partial charge in [-0.15, -0.1) is 11.8 Å². The molecular weight excluding hydrogens is 468 g/mol. The second-order valence-corrected chi connectivity index (χ2v) is 9.42. The number of ether oxygens (including phenoxy) is 1. The summed E-state index contributed by atoms with van der Waals surface area (Å²) in [4.78, 5) is 15.5. The number of halogens is 2. The van der Waals surface area contributed by atoms with E-state index < -0.39 is 17.6 Å². The molecule has 1 aromatic heterocycles. The Kier molecular flexibility index (Phi) is 6.51. The van der Waals surface area contributed by atoms with Crippen LogP contribution in [0, 0.1) is 11.6 Å². The van der Waals surface area contributed by atoms with Crippen molar-refractivity contribution in [2.45, 2.75) is 18.3 Å². The van der Waals surface area contributed by atoms with Gasteiger partial charge >= 0.3 is 5.97 Å². The highest BCUT2D eigenvalue weighted by Crippen LogP contribution is 2.44. The van der Waals surface area contributed by atoms with Crippen LogP contribution in [0.2, 0.25) is 0 Å². The zero-order chi connectivity index (χ0) is 24.4. The molecule has 0 bridgehead atoms. The molecule has 1 atom stereocenters. The molecule has 0 radical (unpaired) electrons. The Morgan fingerprint density at radius 1 is 1.03 bits per heavy atom. The third kappa shape index (κ3) is 5.05. The number of aliphatic carboxylic acids is 1. The number of para-hydroxylation sites is 1. The van der Waals surface area contributed by atoms with Crippen LogP contribution in [0.4, 0.5) is 8.78 Å². The smallest absolute Gasteiger partial charge is 0.304 e. The average Bonchev–Trinajstić information content (AvgIpc) is 3.00. The van der Waals surface area contributed by atoms with Crippen molar-refractivity contribution >= 4 is 40.8 Å². The number of carboxylic acid groups (broad SMARTS) is 1. The quantitative estimate of drug-likeness (QED) is 0.320. The fourth-order valence-electron chi connectivity index (χ4n) is 4.10. The molecule has 2 heterocycles. The molecule has 1 unspecified atom stereocenters. The van der Waals surface area contributed by atoms with E-state index in [2.05, 4.69) is 11.1 Å². The maximum atomic E-state index is 13.6. The lowest BCUT2D eigenvalue weighted by Gasteiger charge is -2.19. The molecule has 0 spiro atoms. The molecule has 1 N–H and O–H groups in total. The summed E-state index contributed by atoms with van der Waals surface area (Å²) in [7, 11) is 0. The van der Waals surface area contributed by atoms with E-state index in [0.29, 0.717) is 29.0 Å². The van der Waals surface area contributed by atoms with E-state index in [0.717, 1.165) is 40.1 Å². The summed E-state index contributed by atoms with van der Waals surface area (Å²) in [6.07, 6.45) is 3.83. The van der Waals surface area contributed by atoms with Gasteiger partial charge in [-0.3, -0.25) is 4.79 Å². The number of hydrogen-bond donors (Lipinski definition) is 1. The summed E-state index contributed by atoms with van der Waals surface area (Å²) in [5.41, 5.74) is 5.10. The van der Waals surface area contributed by atoms with E-state index in [-0.39, 0.29) is 11.7 Å². The van der Waals surface area contributed by atoms with Gasteiger partial charge in [-0.25, -0.2) is 13.8 Å². The summed E-state index contributed by atoms with van der Waals surface area (Å²) >= 11 is 1.59. The molecule has 0 amide bonds. The molecule has 7 heteroatoms. The summed E-state index contributed by atoms with van der Waals surface area (Å²) in [6.45, 7) is 0.431. The Labute approximate surface area is 205 Å². The fourth-order valence-corrected chi connectivity index (χ4v) is 5.40. The van der Waals surface area contributed by atoms with Crippen LogP contribution in [0.15, 0.2) is 66.7 Å². The van der Waals surface area contributed by atoms with Gasteiger partial charge in [0.05, 0.1) is 22.9 Å². The molecule has 1 aliphatic rings. The van der Waals surface area contributed by atoms with Crippen molar-refractivity contribution in [1.29, 1.82) is 0 Å². The standard InChI is InChI=1S/C28H21F2NO3S/c29-23-14-18-8-10-20(31-25(18)15-24(23)30)9-6-17-5-7-19-16-34-26-4-2-1-3-21(26)28(22(19)13-17)35-12-11-27(32)33/h1-10,13-15,28H,11-12,16H2,(H,32,33). The van der Waals surface area contributed by atoms with Crippen LogP contribution in [-0.4, -0.2) is 21.8 Å². The van der Waals surface area contributed by atoms with Crippen LogP contribution >= 0.6 is 11.8 Å². The molecule has 0 aliphatic carbocycles. The summed E-state index contributed by atoms with van der Waals surface area (Å²) in [5, 5.41) is 9.59. The minimum Gasteiger partial charge on any atom is -0.489 e. The van der Waals surface area contributed by atoms with E-state index in [1.165, 1.54) is 0 Å². The molecule has 4 aromatic rings. The Hall–Kier alpha value is -3.71. The molecule has 0 saturated carbocycles. The molecule has 4 nitrogen and oxygen atoms in total. The highest BCUT2D eigenvalue weighted by Gasteiger charge is 2.25. The molecule has 5 rings (SSSR count). The minimum atomic E-state index is -0.925. The van der Waals surface area contributed by atoms with Crippen molar-refractivity contribution in [2.24, 2.45) is 0 Å². The van der Waals surface area contributed by atoms with Gasteiger partial charge in [-0.2, -0.15) is 0 Å². The van der Waals surface area contributed by atoms with Gasteiger partial charge in [0.25, 0.3) is 0 Å². The SMILES string of the molecule is O=C(O)CCSC1c2cc(C=Cc3ccc4cc(F)c(F)cc4n3)ccc2COc2ccccc21. The number of benzene rings is 3. The van der Waals surface area contributed by atoms with Crippen LogP contribution in [0.25, 0.3) is 23.1 Å². The number of fused-ring (bicyclic) bond motifs is 3. The van der Waals surface area contributed by atoms with Gasteiger partial charge in [0.15, 0.2) is 11.6 Å². The fraction of sp³-hybridized carbons (Fsp3) is 0.143. The minimum absolute atomic E-state index is 0.0620. The first kappa shape index (κ1) is 23.1. The van der Waals surface area contributed by atoms with Crippen molar-refractivity contribution in [3.05, 3.63) is 106 Å².